The minimum absolute atomic E-state index is 0.121. The molecule has 2 aromatic rings. The molecule has 0 bridgehead atoms. The van der Waals surface area contributed by atoms with Crippen molar-refractivity contribution >= 4 is 5.97 Å². The van der Waals surface area contributed by atoms with E-state index in [9.17, 15) is 4.79 Å². The van der Waals surface area contributed by atoms with Gasteiger partial charge in [-0.05, 0) is 37.3 Å². The highest BCUT2D eigenvalue weighted by molar-refractivity contribution is 5.74. The summed E-state index contributed by atoms with van der Waals surface area (Å²) in [4.78, 5) is 13.3. The monoisotopic (exact) mass is 566 g/mol. The molecule has 0 aromatic heterocycles. The summed E-state index contributed by atoms with van der Waals surface area (Å²) in [5, 5.41) is 0. The zero-order chi connectivity index (χ0) is 29.8. The Kier molecular flexibility index (Phi) is 17.5. The van der Waals surface area contributed by atoms with Crippen LogP contribution in [0.2, 0.25) is 0 Å². The van der Waals surface area contributed by atoms with E-state index in [1.807, 2.05) is 12.1 Å². The van der Waals surface area contributed by atoms with E-state index < -0.39 is 0 Å². The Labute approximate surface area is 252 Å². The standard InChI is InChI=1S/C37H60NO3/c1-6-9-10-11-12-13-14-15-16-17-21-27-33-28-22-23-29-36(33)41-34(8-3)31-40-37(39)35(24-7-2)38(4,5)30-32-25-19-18-20-26-32/h18-20,22-23,25-26,28-29,34-35H,6-17,21,24,27,30-31H2,1-5H3/q+1. The van der Waals surface area contributed by atoms with Crippen LogP contribution < -0.4 is 4.74 Å². The smallest absolute Gasteiger partial charge is 0.365 e. The first-order valence-electron chi connectivity index (χ1n) is 16.7. The first-order valence-corrected chi connectivity index (χ1v) is 16.7. The van der Waals surface area contributed by atoms with Crippen LogP contribution in [0, 0.1) is 0 Å². The predicted molar refractivity (Wildman–Crippen MR) is 173 cm³/mol. The number of benzene rings is 2. The maximum Gasteiger partial charge on any atom is 0.365 e. The van der Waals surface area contributed by atoms with Crippen molar-refractivity contribution in [2.24, 2.45) is 0 Å². The number of rotatable bonds is 23. The van der Waals surface area contributed by atoms with Gasteiger partial charge in [0.05, 0.1) is 14.1 Å². The summed E-state index contributed by atoms with van der Waals surface area (Å²) < 4.78 is 13.0. The highest BCUT2D eigenvalue weighted by atomic mass is 16.6. The quantitative estimate of drug-likeness (QED) is 0.0763. The molecule has 0 aliphatic heterocycles. The van der Waals surface area contributed by atoms with Crippen LogP contribution in [0.1, 0.15) is 122 Å². The van der Waals surface area contributed by atoms with Gasteiger partial charge in [0, 0.05) is 12.0 Å². The topological polar surface area (TPSA) is 35.5 Å². The SMILES string of the molecule is CCCCCCCCCCCCCc1ccccc1OC(CC)COC(=O)C(CCC)[N+](C)(C)Cc1ccccc1. The fourth-order valence-corrected chi connectivity index (χ4v) is 5.68. The van der Waals surface area contributed by atoms with Crippen molar-refractivity contribution in [3.63, 3.8) is 0 Å². The maximum absolute atomic E-state index is 13.3. The second kappa shape index (κ2) is 20.5. The minimum Gasteiger partial charge on any atom is -0.487 e. The summed E-state index contributed by atoms with van der Waals surface area (Å²) in [6.07, 6.45) is 18.3. The minimum atomic E-state index is -0.203. The summed E-state index contributed by atoms with van der Waals surface area (Å²) in [7, 11) is 4.26. The number of hydrogen-bond acceptors (Lipinski definition) is 3. The van der Waals surface area contributed by atoms with E-state index >= 15 is 0 Å². The molecule has 2 rings (SSSR count). The second-order valence-corrected chi connectivity index (χ2v) is 12.4. The molecule has 4 nitrogen and oxygen atoms in total. The van der Waals surface area contributed by atoms with E-state index in [4.69, 9.17) is 9.47 Å². The maximum atomic E-state index is 13.3. The lowest BCUT2D eigenvalue weighted by Gasteiger charge is -2.36. The number of unbranched alkanes of at least 4 members (excludes halogenated alkanes) is 10. The Balaban J connectivity index is 1.80. The van der Waals surface area contributed by atoms with Gasteiger partial charge in [-0.25, -0.2) is 4.79 Å². The third-order valence-corrected chi connectivity index (χ3v) is 8.29. The van der Waals surface area contributed by atoms with E-state index in [-0.39, 0.29) is 24.7 Å². The molecule has 230 valence electrons. The van der Waals surface area contributed by atoms with Gasteiger partial charge in [-0.2, -0.15) is 0 Å². The highest BCUT2D eigenvalue weighted by Gasteiger charge is 2.36. The number of esters is 1. The van der Waals surface area contributed by atoms with E-state index in [0.717, 1.165) is 38.0 Å². The van der Waals surface area contributed by atoms with Crippen LogP contribution in [0.25, 0.3) is 0 Å². The molecule has 2 unspecified atom stereocenters. The normalized spacial score (nSPS) is 13.1. The van der Waals surface area contributed by atoms with Crippen LogP contribution in [0.5, 0.6) is 5.75 Å². The fourth-order valence-electron chi connectivity index (χ4n) is 5.68. The second-order valence-electron chi connectivity index (χ2n) is 12.4. The Bertz CT molecular complexity index is 942. The van der Waals surface area contributed by atoms with Gasteiger partial charge < -0.3 is 14.0 Å². The van der Waals surface area contributed by atoms with Crippen molar-refractivity contribution in [2.45, 2.75) is 136 Å². The van der Waals surface area contributed by atoms with Gasteiger partial charge in [-0.1, -0.05) is 134 Å². The number of quaternary nitrogens is 1. The van der Waals surface area contributed by atoms with Crippen molar-refractivity contribution in [2.75, 3.05) is 20.7 Å². The summed E-state index contributed by atoms with van der Waals surface area (Å²) in [6, 6.07) is 18.6. The van der Waals surface area contributed by atoms with Gasteiger partial charge in [0.2, 0.25) is 0 Å². The summed E-state index contributed by atoms with van der Waals surface area (Å²) >= 11 is 0. The molecule has 0 aliphatic rings. The molecule has 2 aromatic carbocycles. The number of ether oxygens (including phenoxy) is 2. The Hall–Kier alpha value is -2.33. The third-order valence-electron chi connectivity index (χ3n) is 8.29. The molecular formula is C37H60NO3+. The lowest BCUT2D eigenvalue weighted by molar-refractivity contribution is -0.920. The van der Waals surface area contributed by atoms with Gasteiger partial charge in [0.1, 0.15) is 25.0 Å². The number of para-hydroxylation sites is 1. The molecular weight excluding hydrogens is 506 g/mol. The molecule has 0 saturated heterocycles. The molecule has 0 saturated carbocycles. The number of nitrogens with zero attached hydrogens (tertiary/aromatic N) is 1. The fraction of sp³-hybridized carbons (Fsp3) is 0.649. The Morgan fingerprint density at radius 3 is 1.93 bits per heavy atom. The van der Waals surface area contributed by atoms with Gasteiger partial charge in [-0.15, -0.1) is 0 Å². The molecule has 0 amide bonds. The molecule has 41 heavy (non-hydrogen) atoms. The van der Waals surface area contributed by atoms with Gasteiger partial charge in [0.25, 0.3) is 0 Å². The molecule has 0 N–H and O–H groups in total. The van der Waals surface area contributed by atoms with E-state index in [0.29, 0.717) is 4.48 Å². The first-order chi connectivity index (χ1) is 19.9. The Morgan fingerprint density at radius 1 is 0.732 bits per heavy atom. The summed E-state index contributed by atoms with van der Waals surface area (Å²) in [6.45, 7) is 7.59. The number of carbonyl (C=O) groups excluding carboxylic acids is 1. The van der Waals surface area contributed by atoms with Crippen molar-refractivity contribution < 1.29 is 18.8 Å². The summed E-state index contributed by atoms with van der Waals surface area (Å²) in [5.41, 5.74) is 2.49. The molecule has 4 heteroatoms. The molecule has 0 aliphatic carbocycles. The molecule has 2 atom stereocenters. The van der Waals surface area contributed by atoms with E-state index in [1.165, 1.54) is 81.8 Å². The van der Waals surface area contributed by atoms with Crippen LogP contribution in [0.15, 0.2) is 54.6 Å². The first kappa shape index (κ1) is 34.9. The van der Waals surface area contributed by atoms with Crippen molar-refractivity contribution in [3.8, 4) is 5.75 Å². The lowest BCUT2D eigenvalue weighted by Crippen LogP contribution is -2.53. The van der Waals surface area contributed by atoms with E-state index in [1.54, 1.807) is 0 Å². The highest BCUT2D eigenvalue weighted by Crippen LogP contribution is 2.24. The van der Waals surface area contributed by atoms with Crippen LogP contribution in [0.4, 0.5) is 0 Å². The number of hydrogen-bond donors (Lipinski definition) is 0. The summed E-state index contributed by atoms with van der Waals surface area (Å²) in [5.74, 6) is 0.817. The van der Waals surface area contributed by atoms with Crippen LogP contribution in [-0.2, 0) is 22.5 Å². The molecule has 0 radical (unpaired) electrons. The molecule has 0 heterocycles. The Morgan fingerprint density at radius 2 is 1.32 bits per heavy atom. The third kappa shape index (κ3) is 13.9. The number of aryl methyl sites for hydroxylation is 1. The average molecular weight is 567 g/mol. The molecule has 0 spiro atoms. The van der Waals surface area contributed by atoms with Crippen molar-refractivity contribution in [1.82, 2.24) is 0 Å². The molecule has 0 fully saturated rings. The van der Waals surface area contributed by atoms with Crippen LogP contribution >= 0.6 is 0 Å². The lowest BCUT2D eigenvalue weighted by atomic mass is 10.0. The number of carbonyl (C=O) groups is 1. The van der Waals surface area contributed by atoms with Crippen LogP contribution in [0.3, 0.4) is 0 Å². The van der Waals surface area contributed by atoms with Gasteiger partial charge in [0.15, 0.2) is 6.04 Å². The zero-order valence-electron chi connectivity index (χ0n) is 27.0. The van der Waals surface area contributed by atoms with Gasteiger partial charge in [-0.3, -0.25) is 0 Å². The largest absolute Gasteiger partial charge is 0.487 e. The van der Waals surface area contributed by atoms with Crippen molar-refractivity contribution in [1.29, 1.82) is 0 Å². The predicted octanol–water partition coefficient (Wildman–Crippen LogP) is 9.69. The number of likely N-dealkylation sites (N-methyl/N-ethyl adjacent to an activating group) is 1. The van der Waals surface area contributed by atoms with Gasteiger partial charge >= 0.3 is 5.97 Å². The zero-order valence-corrected chi connectivity index (χ0v) is 27.0. The van der Waals surface area contributed by atoms with Crippen LogP contribution in [-0.4, -0.2) is 43.3 Å². The van der Waals surface area contributed by atoms with E-state index in [2.05, 4.69) is 77.3 Å². The average Bonchev–Trinajstić information content (AvgIpc) is 2.97. The van der Waals surface area contributed by atoms with Crippen molar-refractivity contribution in [3.05, 3.63) is 65.7 Å².